The molecule has 4 heteroatoms. The van der Waals surface area contributed by atoms with Crippen molar-refractivity contribution in [2.24, 2.45) is 5.73 Å². The van der Waals surface area contributed by atoms with Gasteiger partial charge in [-0.15, -0.1) is 0 Å². The van der Waals surface area contributed by atoms with E-state index >= 15 is 0 Å². The number of aromatic nitrogens is 2. The van der Waals surface area contributed by atoms with Crippen LogP contribution in [-0.4, -0.2) is 23.1 Å². The van der Waals surface area contributed by atoms with E-state index in [0.29, 0.717) is 18.9 Å². The summed E-state index contributed by atoms with van der Waals surface area (Å²) in [6.45, 7) is 7.22. The molecule has 78 valence electrons. The molecule has 0 unspecified atom stereocenters. The van der Waals surface area contributed by atoms with Gasteiger partial charge in [0.2, 0.25) is 0 Å². The zero-order chi connectivity index (χ0) is 10.6. The Kier molecular flexibility index (Phi) is 3.41. The molecule has 0 saturated heterocycles. The largest absolute Gasteiger partial charge is 0.489 e. The standard InChI is InChI=1S/C10H17N3O/c1-10(2,3)9-12-6-8(7-13-9)14-5-4-11/h6-7H,4-5,11H2,1-3H3. The number of ether oxygens (including phenoxy) is 1. The SMILES string of the molecule is CC(C)(C)c1ncc(OCCN)cn1. The second-order valence-corrected chi connectivity index (χ2v) is 4.13. The van der Waals surface area contributed by atoms with Crippen LogP contribution >= 0.6 is 0 Å². The van der Waals surface area contributed by atoms with Gasteiger partial charge < -0.3 is 10.5 Å². The molecular formula is C10H17N3O. The minimum absolute atomic E-state index is 0.0214. The molecule has 0 amide bonds. The fourth-order valence-corrected chi connectivity index (χ4v) is 0.955. The van der Waals surface area contributed by atoms with Gasteiger partial charge in [-0.1, -0.05) is 20.8 Å². The Balaban J connectivity index is 2.69. The Morgan fingerprint density at radius 3 is 2.29 bits per heavy atom. The molecule has 0 saturated carbocycles. The summed E-state index contributed by atoms with van der Waals surface area (Å²) in [6.07, 6.45) is 3.37. The molecule has 0 bridgehead atoms. The summed E-state index contributed by atoms with van der Waals surface area (Å²) in [5.74, 6) is 1.49. The van der Waals surface area contributed by atoms with Crippen molar-refractivity contribution < 1.29 is 4.74 Å². The Morgan fingerprint density at radius 1 is 1.29 bits per heavy atom. The van der Waals surface area contributed by atoms with E-state index in [1.54, 1.807) is 12.4 Å². The van der Waals surface area contributed by atoms with E-state index in [4.69, 9.17) is 10.5 Å². The zero-order valence-corrected chi connectivity index (χ0v) is 8.95. The minimum atomic E-state index is -0.0214. The molecule has 1 aromatic rings. The molecule has 14 heavy (non-hydrogen) atoms. The molecule has 0 aliphatic rings. The fourth-order valence-electron chi connectivity index (χ4n) is 0.955. The summed E-state index contributed by atoms with van der Waals surface area (Å²) in [5.41, 5.74) is 5.29. The summed E-state index contributed by atoms with van der Waals surface area (Å²) < 4.78 is 5.27. The second-order valence-electron chi connectivity index (χ2n) is 4.13. The van der Waals surface area contributed by atoms with Crippen molar-refractivity contribution in [1.29, 1.82) is 0 Å². The van der Waals surface area contributed by atoms with Gasteiger partial charge in [0.15, 0.2) is 5.75 Å². The molecule has 2 N–H and O–H groups in total. The molecule has 0 aromatic carbocycles. The van der Waals surface area contributed by atoms with Gasteiger partial charge in [0.05, 0.1) is 12.4 Å². The number of rotatable bonds is 3. The van der Waals surface area contributed by atoms with Crippen LogP contribution in [0.25, 0.3) is 0 Å². The van der Waals surface area contributed by atoms with Gasteiger partial charge in [-0.25, -0.2) is 9.97 Å². The van der Waals surface area contributed by atoms with E-state index in [1.807, 2.05) is 0 Å². The molecular weight excluding hydrogens is 178 g/mol. The summed E-state index contributed by atoms with van der Waals surface area (Å²) in [7, 11) is 0. The van der Waals surface area contributed by atoms with Crippen molar-refractivity contribution >= 4 is 0 Å². The van der Waals surface area contributed by atoms with Crippen LogP contribution in [0, 0.1) is 0 Å². The lowest BCUT2D eigenvalue weighted by Gasteiger charge is -2.16. The van der Waals surface area contributed by atoms with Crippen LogP contribution in [-0.2, 0) is 5.41 Å². The van der Waals surface area contributed by atoms with Gasteiger partial charge in [-0.2, -0.15) is 0 Å². The molecule has 0 aliphatic heterocycles. The third-order valence-electron chi connectivity index (χ3n) is 1.69. The summed E-state index contributed by atoms with van der Waals surface area (Å²) >= 11 is 0. The van der Waals surface area contributed by atoms with Crippen LogP contribution in [0.15, 0.2) is 12.4 Å². The molecule has 0 radical (unpaired) electrons. The topological polar surface area (TPSA) is 61.0 Å². The van der Waals surface area contributed by atoms with Gasteiger partial charge in [-0.05, 0) is 0 Å². The quantitative estimate of drug-likeness (QED) is 0.785. The van der Waals surface area contributed by atoms with Crippen LogP contribution < -0.4 is 10.5 Å². The van der Waals surface area contributed by atoms with Crippen molar-refractivity contribution in [3.8, 4) is 5.75 Å². The molecule has 0 atom stereocenters. The molecule has 0 aliphatic carbocycles. The van der Waals surface area contributed by atoms with E-state index in [2.05, 4.69) is 30.7 Å². The first-order chi connectivity index (χ1) is 6.54. The fraction of sp³-hybridized carbons (Fsp3) is 0.600. The molecule has 0 fully saturated rings. The summed E-state index contributed by atoms with van der Waals surface area (Å²) in [5, 5.41) is 0. The van der Waals surface area contributed by atoms with Crippen molar-refractivity contribution in [2.75, 3.05) is 13.2 Å². The average Bonchev–Trinajstić information content (AvgIpc) is 2.14. The lowest BCUT2D eigenvalue weighted by Crippen LogP contribution is -2.16. The van der Waals surface area contributed by atoms with Gasteiger partial charge >= 0.3 is 0 Å². The lowest BCUT2D eigenvalue weighted by molar-refractivity contribution is 0.324. The normalized spacial score (nSPS) is 11.4. The number of hydrogen-bond acceptors (Lipinski definition) is 4. The highest BCUT2D eigenvalue weighted by molar-refractivity contribution is 5.14. The van der Waals surface area contributed by atoms with Crippen LogP contribution in [0.1, 0.15) is 26.6 Å². The maximum atomic E-state index is 5.31. The number of hydrogen-bond donors (Lipinski definition) is 1. The first-order valence-corrected chi connectivity index (χ1v) is 4.69. The van der Waals surface area contributed by atoms with E-state index in [0.717, 1.165) is 5.82 Å². The highest BCUT2D eigenvalue weighted by Gasteiger charge is 2.16. The van der Waals surface area contributed by atoms with Gasteiger partial charge in [0.1, 0.15) is 12.4 Å². The van der Waals surface area contributed by atoms with Crippen molar-refractivity contribution in [2.45, 2.75) is 26.2 Å². The van der Waals surface area contributed by atoms with E-state index in [1.165, 1.54) is 0 Å². The highest BCUT2D eigenvalue weighted by atomic mass is 16.5. The number of nitrogens with zero attached hydrogens (tertiary/aromatic N) is 2. The zero-order valence-electron chi connectivity index (χ0n) is 8.95. The Hall–Kier alpha value is -1.16. The third kappa shape index (κ3) is 2.96. The summed E-state index contributed by atoms with van der Waals surface area (Å²) in [4.78, 5) is 8.45. The van der Waals surface area contributed by atoms with E-state index in [-0.39, 0.29) is 5.41 Å². The lowest BCUT2D eigenvalue weighted by atomic mass is 9.96. The maximum Gasteiger partial charge on any atom is 0.155 e. The summed E-state index contributed by atoms with van der Waals surface area (Å²) in [6, 6.07) is 0. The molecule has 1 heterocycles. The van der Waals surface area contributed by atoms with Gasteiger partial charge in [0, 0.05) is 12.0 Å². The van der Waals surface area contributed by atoms with Crippen molar-refractivity contribution in [1.82, 2.24) is 9.97 Å². The maximum absolute atomic E-state index is 5.31. The predicted molar refractivity (Wildman–Crippen MR) is 55.3 cm³/mol. The molecule has 1 aromatic heterocycles. The van der Waals surface area contributed by atoms with Crippen molar-refractivity contribution in [3.63, 3.8) is 0 Å². The first kappa shape index (κ1) is 10.9. The highest BCUT2D eigenvalue weighted by Crippen LogP contribution is 2.18. The first-order valence-electron chi connectivity index (χ1n) is 4.69. The monoisotopic (exact) mass is 195 g/mol. The van der Waals surface area contributed by atoms with Gasteiger partial charge in [-0.3, -0.25) is 0 Å². The van der Waals surface area contributed by atoms with Crippen LogP contribution in [0.5, 0.6) is 5.75 Å². The second kappa shape index (κ2) is 4.37. The van der Waals surface area contributed by atoms with Crippen LogP contribution in [0.4, 0.5) is 0 Å². The predicted octanol–water partition coefficient (Wildman–Crippen LogP) is 1.11. The van der Waals surface area contributed by atoms with E-state index < -0.39 is 0 Å². The number of nitrogens with two attached hydrogens (primary N) is 1. The van der Waals surface area contributed by atoms with Crippen molar-refractivity contribution in [3.05, 3.63) is 18.2 Å². The van der Waals surface area contributed by atoms with Crippen LogP contribution in [0.2, 0.25) is 0 Å². The molecule has 4 nitrogen and oxygen atoms in total. The minimum Gasteiger partial charge on any atom is -0.489 e. The smallest absolute Gasteiger partial charge is 0.155 e. The van der Waals surface area contributed by atoms with E-state index in [9.17, 15) is 0 Å². The Morgan fingerprint density at radius 2 is 1.86 bits per heavy atom. The van der Waals surface area contributed by atoms with Crippen LogP contribution in [0.3, 0.4) is 0 Å². The molecule has 1 rings (SSSR count). The van der Waals surface area contributed by atoms with Gasteiger partial charge in [0.25, 0.3) is 0 Å². The molecule has 0 spiro atoms. The average molecular weight is 195 g/mol. The Bertz CT molecular complexity index is 276. The third-order valence-corrected chi connectivity index (χ3v) is 1.69. The Labute approximate surface area is 84.5 Å².